The topological polar surface area (TPSA) is 123 Å². The number of hydrogen-bond donors (Lipinski definition) is 3. The molecule has 0 radical (unpaired) electrons. The quantitative estimate of drug-likeness (QED) is 0.367. The number of rotatable bonds is 11. The molecular weight excluding hydrogens is 469 g/mol. The number of carboxylic acid groups (broad SMARTS) is 1. The van der Waals surface area contributed by atoms with E-state index in [4.69, 9.17) is 9.47 Å². The van der Waals surface area contributed by atoms with Crippen LogP contribution in [0, 0.1) is 11.7 Å². The third kappa shape index (κ3) is 6.39. The van der Waals surface area contributed by atoms with Crippen molar-refractivity contribution in [3.8, 4) is 17.3 Å². The number of ether oxygens (including phenoxy) is 2. The predicted octanol–water partition coefficient (Wildman–Crippen LogP) is 3.75. The summed E-state index contributed by atoms with van der Waals surface area (Å²) < 4.78 is 26.6. The van der Waals surface area contributed by atoms with Gasteiger partial charge in [-0.2, -0.15) is 9.78 Å². The van der Waals surface area contributed by atoms with Crippen molar-refractivity contribution in [2.75, 3.05) is 13.7 Å². The van der Waals surface area contributed by atoms with Gasteiger partial charge in [-0.1, -0.05) is 38.1 Å². The largest absolute Gasteiger partial charge is 0.497 e. The summed E-state index contributed by atoms with van der Waals surface area (Å²) in [7, 11) is 1.51. The van der Waals surface area contributed by atoms with Crippen LogP contribution in [0.5, 0.6) is 11.6 Å². The molecule has 0 bridgehead atoms. The van der Waals surface area contributed by atoms with Crippen molar-refractivity contribution in [1.82, 2.24) is 15.1 Å². The molecule has 36 heavy (non-hydrogen) atoms. The Labute approximate surface area is 208 Å². The standard InChI is InChI=1S/C26H30FN3O6/c1-16(2)26(3,34)15-36-23-13-21(29-30(23)22-8-6-5-7-19(22)27)25(33)28-20(14-24(31)32)17-9-11-18(35-4)12-10-17/h5-13,16,20,34H,14-15H2,1-4H3,(H,28,33)(H,31,32)/t20-,26+/m0/s1. The summed E-state index contributed by atoms with van der Waals surface area (Å²) >= 11 is 0. The molecule has 10 heteroatoms. The maximum atomic E-state index is 14.6. The number of aliphatic hydroxyl groups is 1. The molecule has 2 atom stereocenters. The third-order valence-corrected chi connectivity index (χ3v) is 5.95. The zero-order valence-corrected chi connectivity index (χ0v) is 20.6. The van der Waals surface area contributed by atoms with E-state index in [1.807, 2.05) is 13.8 Å². The number of hydrogen-bond acceptors (Lipinski definition) is 6. The Morgan fingerprint density at radius 3 is 2.42 bits per heavy atom. The molecule has 0 spiro atoms. The van der Waals surface area contributed by atoms with E-state index in [1.165, 1.54) is 31.4 Å². The Bertz CT molecular complexity index is 1210. The van der Waals surface area contributed by atoms with Crippen molar-refractivity contribution in [3.05, 3.63) is 71.7 Å². The van der Waals surface area contributed by atoms with Crippen LogP contribution in [0.3, 0.4) is 0 Å². The maximum Gasteiger partial charge on any atom is 0.305 e. The Kier molecular flexibility index (Phi) is 8.31. The van der Waals surface area contributed by atoms with Crippen LogP contribution in [-0.4, -0.2) is 51.2 Å². The first-order chi connectivity index (χ1) is 17.0. The van der Waals surface area contributed by atoms with Gasteiger partial charge in [0, 0.05) is 6.07 Å². The van der Waals surface area contributed by atoms with Crippen LogP contribution in [0.1, 0.15) is 49.3 Å². The van der Waals surface area contributed by atoms with Gasteiger partial charge in [0.15, 0.2) is 5.69 Å². The molecule has 3 rings (SSSR count). The monoisotopic (exact) mass is 499 g/mol. The second-order valence-electron chi connectivity index (χ2n) is 8.93. The highest BCUT2D eigenvalue weighted by atomic mass is 19.1. The fourth-order valence-corrected chi connectivity index (χ4v) is 3.26. The number of para-hydroxylation sites is 1. The van der Waals surface area contributed by atoms with E-state index in [0.29, 0.717) is 11.3 Å². The number of amides is 1. The zero-order chi connectivity index (χ0) is 26.5. The Morgan fingerprint density at radius 2 is 1.83 bits per heavy atom. The van der Waals surface area contributed by atoms with Gasteiger partial charge in [0.25, 0.3) is 5.91 Å². The average Bonchev–Trinajstić information content (AvgIpc) is 3.26. The summed E-state index contributed by atoms with van der Waals surface area (Å²) in [6.45, 7) is 5.15. The van der Waals surface area contributed by atoms with Crippen LogP contribution >= 0.6 is 0 Å². The first-order valence-electron chi connectivity index (χ1n) is 11.4. The van der Waals surface area contributed by atoms with Crippen molar-refractivity contribution < 1.29 is 33.7 Å². The summed E-state index contributed by atoms with van der Waals surface area (Å²) in [5, 5.41) is 26.9. The molecule has 0 saturated carbocycles. The third-order valence-electron chi connectivity index (χ3n) is 5.95. The Hall–Kier alpha value is -3.92. The molecule has 0 aliphatic heterocycles. The van der Waals surface area contributed by atoms with Gasteiger partial charge in [0.2, 0.25) is 5.88 Å². The summed E-state index contributed by atoms with van der Waals surface area (Å²) in [6, 6.07) is 13.0. The first kappa shape index (κ1) is 26.7. The minimum absolute atomic E-state index is 0.0467. The molecule has 0 aliphatic carbocycles. The molecule has 1 amide bonds. The molecule has 1 aromatic heterocycles. The lowest BCUT2D eigenvalue weighted by molar-refractivity contribution is -0.137. The van der Waals surface area contributed by atoms with Crippen molar-refractivity contribution in [2.45, 2.75) is 38.8 Å². The van der Waals surface area contributed by atoms with Crippen LogP contribution in [0.2, 0.25) is 0 Å². The second-order valence-corrected chi connectivity index (χ2v) is 8.93. The van der Waals surface area contributed by atoms with E-state index in [2.05, 4.69) is 10.4 Å². The van der Waals surface area contributed by atoms with Crippen molar-refractivity contribution in [1.29, 1.82) is 0 Å². The molecule has 3 N–H and O–H groups in total. The summed E-state index contributed by atoms with van der Waals surface area (Å²) in [5.74, 6) is -1.87. The smallest absolute Gasteiger partial charge is 0.305 e. The number of nitrogens with zero attached hydrogens (tertiary/aromatic N) is 2. The number of aliphatic carboxylic acids is 1. The van der Waals surface area contributed by atoms with E-state index in [-0.39, 0.29) is 36.2 Å². The fourth-order valence-electron chi connectivity index (χ4n) is 3.26. The maximum absolute atomic E-state index is 14.6. The number of halogens is 1. The minimum Gasteiger partial charge on any atom is -0.497 e. The van der Waals surface area contributed by atoms with E-state index >= 15 is 0 Å². The molecular formula is C26H30FN3O6. The van der Waals surface area contributed by atoms with Crippen molar-refractivity contribution in [2.24, 2.45) is 5.92 Å². The minimum atomic E-state index is -1.19. The summed E-state index contributed by atoms with van der Waals surface area (Å²) in [5.41, 5.74) is -0.688. The number of carbonyl (C=O) groups is 2. The van der Waals surface area contributed by atoms with Crippen LogP contribution in [0.25, 0.3) is 5.69 Å². The number of carboxylic acids is 1. The van der Waals surface area contributed by atoms with E-state index < -0.39 is 29.3 Å². The highest BCUT2D eigenvalue weighted by Crippen LogP contribution is 2.26. The molecule has 192 valence electrons. The number of benzene rings is 2. The van der Waals surface area contributed by atoms with Gasteiger partial charge in [-0.15, -0.1) is 0 Å². The van der Waals surface area contributed by atoms with E-state index in [1.54, 1.807) is 37.3 Å². The fraction of sp³-hybridized carbons (Fsp3) is 0.346. The molecule has 1 heterocycles. The number of methoxy groups -OCH3 is 1. The SMILES string of the molecule is COc1ccc([C@H](CC(=O)O)NC(=O)c2cc(OC[C@@](C)(O)C(C)C)n(-c3ccccc3F)n2)cc1. The highest BCUT2D eigenvalue weighted by Gasteiger charge is 2.28. The average molecular weight is 500 g/mol. The van der Waals surface area contributed by atoms with Gasteiger partial charge in [-0.05, 0) is 42.7 Å². The molecule has 0 saturated heterocycles. The Balaban J connectivity index is 1.93. The lowest BCUT2D eigenvalue weighted by Gasteiger charge is -2.27. The van der Waals surface area contributed by atoms with Crippen LogP contribution < -0.4 is 14.8 Å². The van der Waals surface area contributed by atoms with Crippen molar-refractivity contribution >= 4 is 11.9 Å². The van der Waals surface area contributed by atoms with Gasteiger partial charge in [0.05, 0.1) is 25.2 Å². The molecule has 0 fully saturated rings. The lowest BCUT2D eigenvalue weighted by Crippen LogP contribution is -2.38. The zero-order valence-electron chi connectivity index (χ0n) is 20.6. The highest BCUT2D eigenvalue weighted by molar-refractivity contribution is 5.93. The summed E-state index contributed by atoms with van der Waals surface area (Å²) in [4.78, 5) is 24.6. The number of aromatic nitrogens is 2. The normalized spacial score (nSPS) is 13.6. The van der Waals surface area contributed by atoms with E-state index in [9.17, 15) is 24.2 Å². The molecule has 9 nitrogen and oxygen atoms in total. The van der Waals surface area contributed by atoms with Gasteiger partial charge < -0.3 is 25.0 Å². The van der Waals surface area contributed by atoms with Gasteiger partial charge in [-0.25, -0.2) is 4.39 Å². The predicted molar refractivity (Wildman–Crippen MR) is 130 cm³/mol. The van der Waals surface area contributed by atoms with Crippen LogP contribution in [0.15, 0.2) is 54.6 Å². The van der Waals surface area contributed by atoms with Gasteiger partial charge >= 0.3 is 5.97 Å². The van der Waals surface area contributed by atoms with Crippen LogP contribution in [-0.2, 0) is 4.79 Å². The number of carbonyl (C=O) groups excluding carboxylic acids is 1. The first-order valence-corrected chi connectivity index (χ1v) is 11.4. The molecule has 0 unspecified atom stereocenters. The molecule has 0 aliphatic rings. The second kappa shape index (κ2) is 11.2. The van der Waals surface area contributed by atoms with E-state index in [0.717, 1.165) is 4.68 Å². The summed E-state index contributed by atoms with van der Waals surface area (Å²) in [6.07, 6.45) is -0.368. The van der Waals surface area contributed by atoms with Crippen molar-refractivity contribution in [3.63, 3.8) is 0 Å². The van der Waals surface area contributed by atoms with Gasteiger partial charge in [-0.3, -0.25) is 9.59 Å². The molecule has 3 aromatic rings. The lowest BCUT2D eigenvalue weighted by atomic mass is 9.94. The van der Waals surface area contributed by atoms with Gasteiger partial charge in [0.1, 0.15) is 23.9 Å². The number of nitrogens with one attached hydrogen (secondary N) is 1. The van der Waals surface area contributed by atoms with Crippen LogP contribution in [0.4, 0.5) is 4.39 Å². The Morgan fingerprint density at radius 1 is 1.17 bits per heavy atom. The molecule has 2 aromatic carbocycles.